The Bertz CT molecular complexity index is 229. The molecule has 0 aromatic heterocycles. The Hall–Kier alpha value is -0.300. The van der Waals surface area contributed by atoms with Crippen molar-refractivity contribution in [1.29, 1.82) is 0 Å². The zero-order valence-electron chi connectivity index (χ0n) is 9.14. The largest absolute Gasteiger partial charge is 0.290 e. The molecule has 0 amide bonds. The third kappa shape index (κ3) is 1.54. The van der Waals surface area contributed by atoms with E-state index in [2.05, 4.69) is 31.7 Å². The van der Waals surface area contributed by atoms with E-state index in [1.807, 2.05) is 0 Å². The Labute approximate surface area is 81.8 Å². The summed E-state index contributed by atoms with van der Waals surface area (Å²) in [5.74, 6) is 0.822. The fraction of sp³-hybridized carbons (Fsp3) is 0.833. The van der Waals surface area contributed by atoms with Gasteiger partial charge in [-0.25, -0.2) is 0 Å². The van der Waals surface area contributed by atoms with Crippen molar-refractivity contribution in [3.8, 4) is 0 Å². The van der Waals surface area contributed by atoms with Crippen molar-refractivity contribution in [2.75, 3.05) is 13.1 Å². The minimum Gasteiger partial charge on any atom is -0.290 e. The van der Waals surface area contributed by atoms with Crippen molar-refractivity contribution < 1.29 is 0 Å². The van der Waals surface area contributed by atoms with Crippen LogP contribution in [0.1, 0.15) is 40.0 Å². The Morgan fingerprint density at radius 1 is 1.54 bits per heavy atom. The molecule has 1 heteroatoms. The van der Waals surface area contributed by atoms with Gasteiger partial charge < -0.3 is 0 Å². The summed E-state index contributed by atoms with van der Waals surface area (Å²) >= 11 is 0. The van der Waals surface area contributed by atoms with Gasteiger partial charge in [-0.05, 0) is 38.6 Å². The number of nitrogens with zero attached hydrogens (tertiary/aromatic N) is 1. The summed E-state index contributed by atoms with van der Waals surface area (Å²) < 4.78 is 0. The molecule has 0 aromatic rings. The lowest BCUT2D eigenvalue weighted by atomic mass is 9.87. The van der Waals surface area contributed by atoms with Crippen molar-refractivity contribution in [3.63, 3.8) is 0 Å². The molecular weight excluding hydrogens is 158 g/mol. The smallest absolute Gasteiger partial charge is 0.0400 e. The zero-order valence-corrected chi connectivity index (χ0v) is 9.14. The van der Waals surface area contributed by atoms with Crippen molar-refractivity contribution in [3.05, 3.63) is 11.6 Å². The van der Waals surface area contributed by atoms with Crippen molar-refractivity contribution >= 4 is 0 Å². The van der Waals surface area contributed by atoms with E-state index in [0.717, 1.165) is 5.92 Å². The molecule has 0 aromatic carbocycles. The molecule has 0 spiro atoms. The molecule has 74 valence electrons. The van der Waals surface area contributed by atoms with E-state index in [-0.39, 0.29) is 0 Å². The van der Waals surface area contributed by atoms with Gasteiger partial charge in [0.25, 0.3) is 0 Å². The van der Waals surface area contributed by atoms with Crippen LogP contribution >= 0.6 is 0 Å². The van der Waals surface area contributed by atoms with Crippen molar-refractivity contribution in [2.45, 2.75) is 45.6 Å². The Morgan fingerprint density at radius 3 is 3.00 bits per heavy atom. The summed E-state index contributed by atoms with van der Waals surface area (Å²) in [5, 5.41) is 0. The third-order valence-corrected chi connectivity index (χ3v) is 3.38. The van der Waals surface area contributed by atoms with Crippen LogP contribution in [0.4, 0.5) is 0 Å². The Balaban J connectivity index is 2.17. The van der Waals surface area contributed by atoms with E-state index < -0.39 is 0 Å². The second kappa shape index (κ2) is 3.13. The highest BCUT2D eigenvalue weighted by Crippen LogP contribution is 2.41. The fourth-order valence-corrected chi connectivity index (χ4v) is 3.16. The van der Waals surface area contributed by atoms with Crippen LogP contribution in [0.5, 0.6) is 0 Å². The number of fused-ring (bicyclic) bond motifs is 1. The van der Waals surface area contributed by atoms with Gasteiger partial charge in [-0.15, -0.1) is 0 Å². The fourth-order valence-electron chi connectivity index (χ4n) is 3.16. The molecule has 2 rings (SSSR count). The zero-order chi connectivity index (χ0) is 9.47. The molecule has 2 aliphatic heterocycles. The Kier molecular flexibility index (Phi) is 2.23. The lowest BCUT2D eigenvalue weighted by molar-refractivity contribution is 0.191. The van der Waals surface area contributed by atoms with Gasteiger partial charge in [0.15, 0.2) is 0 Å². The van der Waals surface area contributed by atoms with Gasteiger partial charge >= 0.3 is 0 Å². The van der Waals surface area contributed by atoms with Crippen LogP contribution in [-0.2, 0) is 0 Å². The van der Waals surface area contributed by atoms with E-state index in [4.69, 9.17) is 0 Å². The summed E-state index contributed by atoms with van der Waals surface area (Å²) in [6, 6.07) is 0. The van der Waals surface area contributed by atoms with Gasteiger partial charge in [0.1, 0.15) is 0 Å². The van der Waals surface area contributed by atoms with Crippen LogP contribution in [0.2, 0.25) is 0 Å². The molecule has 2 heterocycles. The topological polar surface area (TPSA) is 3.24 Å². The lowest BCUT2D eigenvalue weighted by Crippen LogP contribution is -2.39. The van der Waals surface area contributed by atoms with Gasteiger partial charge in [-0.3, -0.25) is 4.90 Å². The molecule has 0 bridgehead atoms. The van der Waals surface area contributed by atoms with E-state index in [1.165, 1.54) is 32.4 Å². The third-order valence-electron chi connectivity index (χ3n) is 3.38. The summed E-state index contributed by atoms with van der Waals surface area (Å²) in [6.45, 7) is 9.51. The molecular formula is C12H21N. The summed E-state index contributed by atoms with van der Waals surface area (Å²) in [7, 11) is 0. The second-order valence-electron chi connectivity index (χ2n) is 5.22. The highest BCUT2D eigenvalue weighted by Gasteiger charge is 2.42. The molecule has 0 N–H and O–H groups in total. The highest BCUT2D eigenvalue weighted by molar-refractivity contribution is 5.24. The maximum absolute atomic E-state index is 2.68. The first-order valence-electron chi connectivity index (χ1n) is 5.56. The van der Waals surface area contributed by atoms with Gasteiger partial charge in [0.05, 0.1) is 0 Å². The van der Waals surface area contributed by atoms with Crippen LogP contribution in [0, 0.1) is 5.92 Å². The molecule has 0 aliphatic carbocycles. The van der Waals surface area contributed by atoms with Crippen LogP contribution < -0.4 is 0 Å². The number of rotatable bonds is 2. The maximum Gasteiger partial charge on any atom is 0.0400 e. The van der Waals surface area contributed by atoms with E-state index in [0.29, 0.717) is 5.54 Å². The first kappa shape index (κ1) is 9.26. The van der Waals surface area contributed by atoms with Gasteiger partial charge in [0, 0.05) is 12.1 Å². The predicted molar refractivity (Wildman–Crippen MR) is 56.8 cm³/mol. The first-order chi connectivity index (χ1) is 6.12. The van der Waals surface area contributed by atoms with Crippen LogP contribution in [0.25, 0.3) is 0 Å². The quantitative estimate of drug-likeness (QED) is 0.589. The summed E-state index contributed by atoms with van der Waals surface area (Å²) in [5.41, 5.74) is 2.05. The molecule has 1 saturated heterocycles. The molecule has 1 unspecified atom stereocenters. The van der Waals surface area contributed by atoms with Gasteiger partial charge in [0.2, 0.25) is 0 Å². The standard InChI is InChI=1S/C12H21N/c1-10(2)7-12-5-4-6-13(12)9-11(3)8-12/h8,10H,4-7,9H2,1-3H3. The van der Waals surface area contributed by atoms with Crippen LogP contribution in [0.3, 0.4) is 0 Å². The summed E-state index contributed by atoms with van der Waals surface area (Å²) in [6.07, 6.45) is 6.68. The number of hydrogen-bond acceptors (Lipinski definition) is 1. The molecule has 0 radical (unpaired) electrons. The van der Waals surface area contributed by atoms with E-state index in [1.54, 1.807) is 5.57 Å². The van der Waals surface area contributed by atoms with E-state index in [9.17, 15) is 0 Å². The van der Waals surface area contributed by atoms with Crippen molar-refractivity contribution in [2.24, 2.45) is 5.92 Å². The normalized spacial score (nSPS) is 34.0. The number of hydrogen-bond donors (Lipinski definition) is 0. The summed E-state index contributed by atoms with van der Waals surface area (Å²) in [4.78, 5) is 2.68. The van der Waals surface area contributed by atoms with Crippen LogP contribution in [-0.4, -0.2) is 23.5 Å². The SMILES string of the molecule is CC1=CC2(CC(C)C)CCCN2C1. The average molecular weight is 179 g/mol. The van der Waals surface area contributed by atoms with Crippen LogP contribution in [0.15, 0.2) is 11.6 Å². The molecule has 2 aliphatic rings. The minimum atomic E-state index is 0.470. The lowest BCUT2D eigenvalue weighted by Gasteiger charge is -2.32. The molecule has 1 fully saturated rings. The monoisotopic (exact) mass is 179 g/mol. The minimum absolute atomic E-state index is 0.470. The van der Waals surface area contributed by atoms with Gasteiger partial charge in [-0.2, -0.15) is 0 Å². The average Bonchev–Trinajstić information content (AvgIpc) is 2.40. The Morgan fingerprint density at radius 2 is 2.31 bits per heavy atom. The van der Waals surface area contributed by atoms with Crippen molar-refractivity contribution in [1.82, 2.24) is 4.90 Å². The van der Waals surface area contributed by atoms with Gasteiger partial charge in [-0.1, -0.05) is 25.5 Å². The molecule has 1 nitrogen and oxygen atoms in total. The molecule has 0 saturated carbocycles. The molecule has 1 atom stereocenters. The van der Waals surface area contributed by atoms with E-state index >= 15 is 0 Å². The second-order valence-corrected chi connectivity index (χ2v) is 5.22. The molecule has 13 heavy (non-hydrogen) atoms. The first-order valence-corrected chi connectivity index (χ1v) is 5.56. The maximum atomic E-state index is 2.68. The highest BCUT2D eigenvalue weighted by atomic mass is 15.2. The predicted octanol–water partition coefficient (Wildman–Crippen LogP) is 2.83.